The molecule has 0 fully saturated rings. The van der Waals surface area contributed by atoms with E-state index in [1.165, 1.54) is 0 Å². The van der Waals surface area contributed by atoms with Crippen LogP contribution in [0.15, 0.2) is 24.3 Å². The largest absolute Gasteiger partial charge is 0.338 e. The van der Waals surface area contributed by atoms with E-state index < -0.39 is 0 Å². The Bertz CT molecular complexity index is 834. The highest BCUT2D eigenvalue weighted by molar-refractivity contribution is 5.94. The molecule has 0 aliphatic carbocycles. The fraction of sp³-hybridized carbons (Fsp3) is 0.643. The van der Waals surface area contributed by atoms with Gasteiger partial charge < -0.3 is 30.0 Å². The summed E-state index contributed by atoms with van der Waals surface area (Å²) in [6.45, 7) is 9.97. The van der Waals surface area contributed by atoms with Crippen LogP contribution < -0.4 is 15.5 Å². The van der Waals surface area contributed by atoms with Crippen LogP contribution in [0.25, 0.3) is 0 Å². The second-order valence-corrected chi connectivity index (χ2v) is 10.2. The molecule has 1 unspecified atom stereocenters. The van der Waals surface area contributed by atoms with Crippen molar-refractivity contribution in [2.24, 2.45) is 0 Å². The number of hydrogen-bond donors (Lipinski definition) is 2. The molecule has 0 bridgehead atoms. The lowest BCUT2D eigenvalue weighted by atomic mass is 9.94. The normalized spacial score (nSPS) is 13.1. The van der Waals surface area contributed by atoms with Crippen molar-refractivity contribution < 1.29 is 19.2 Å². The number of carbonyl (C=O) groups excluding carboxylic acids is 4. The molecule has 0 radical (unpaired) electrons. The van der Waals surface area contributed by atoms with E-state index in [-0.39, 0.29) is 48.6 Å². The third-order valence-electron chi connectivity index (χ3n) is 7.18. The third-order valence-corrected chi connectivity index (χ3v) is 7.18. The molecule has 2 N–H and O–H groups in total. The quantitative estimate of drug-likeness (QED) is 0.298. The number of rotatable bonds is 18. The Labute approximate surface area is 217 Å². The molecule has 0 saturated carbocycles. The zero-order valence-electron chi connectivity index (χ0n) is 23.1. The van der Waals surface area contributed by atoms with E-state index in [9.17, 15) is 19.2 Å². The molecule has 0 aliphatic rings. The third kappa shape index (κ3) is 10.6. The van der Waals surface area contributed by atoms with Crippen molar-refractivity contribution in [3.63, 3.8) is 0 Å². The molecular formula is C28H46N4O4. The van der Waals surface area contributed by atoms with Gasteiger partial charge in [-0.25, -0.2) is 0 Å². The summed E-state index contributed by atoms with van der Waals surface area (Å²) >= 11 is 0. The molecule has 202 valence electrons. The zero-order valence-corrected chi connectivity index (χ0v) is 23.1. The van der Waals surface area contributed by atoms with E-state index in [2.05, 4.69) is 38.3 Å². The summed E-state index contributed by atoms with van der Waals surface area (Å²) in [5.41, 5.74) is 1.52. The summed E-state index contributed by atoms with van der Waals surface area (Å²) in [6.07, 6.45) is 4.81. The van der Waals surface area contributed by atoms with Crippen LogP contribution in [0, 0.1) is 0 Å². The standard InChI is InChI=1S/C28H46N4O4/c1-7-28(4,30-6)17-18-31(25(35)10-8-20-33)22-23-12-14-24(15-13-23)32(26(36)11-9-21-34)19-16-27(2,3)29-5/h12-15,20-21,29-30H,7-11,16-19,22H2,1-6H3. The van der Waals surface area contributed by atoms with Gasteiger partial charge in [-0.3, -0.25) is 9.59 Å². The molecule has 8 nitrogen and oxygen atoms in total. The van der Waals surface area contributed by atoms with Gasteiger partial charge in [0.15, 0.2) is 0 Å². The minimum absolute atomic E-state index is 0.0410. The van der Waals surface area contributed by atoms with Crippen LogP contribution in [0.1, 0.15) is 78.2 Å². The molecule has 36 heavy (non-hydrogen) atoms. The lowest BCUT2D eigenvalue weighted by molar-refractivity contribution is -0.133. The lowest BCUT2D eigenvalue weighted by Gasteiger charge is -2.32. The Morgan fingerprint density at radius 2 is 1.44 bits per heavy atom. The summed E-state index contributed by atoms with van der Waals surface area (Å²) in [6, 6.07) is 7.68. The van der Waals surface area contributed by atoms with Crippen LogP contribution >= 0.6 is 0 Å². The Kier molecular flexibility index (Phi) is 13.6. The first-order valence-electron chi connectivity index (χ1n) is 13.0. The molecule has 1 rings (SSSR count). The second-order valence-electron chi connectivity index (χ2n) is 10.2. The van der Waals surface area contributed by atoms with E-state index in [1.54, 1.807) is 4.90 Å². The van der Waals surface area contributed by atoms with Crippen molar-refractivity contribution in [1.29, 1.82) is 0 Å². The number of nitrogens with one attached hydrogen (secondary N) is 2. The minimum Gasteiger partial charge on any atom is -0.338 e. The summed E-state index contributed by atoms with van der Waals surface area (Å²) in [5.74, 6) is -0.126. The fourth-order valence-corrected chi connectivity index (χ4v) is 3.73. The van der Waals surface area contributed by atoms with Crippen LogP contribution in [-0.2, 0) is 25.7 Å². The smallest absolute Gasteiger partial charge is 0.227 e. The number of anilines is 1. The molecule has 1 aromatic rings. The van der Waals surface area contributed by atoms with Gasteiger partial charge in [-0.05, 0) is 71.8 Å². The van der Waals surface area contributed by atoms with Gasteiger partial charge in [-0.15, -0.1) is 0 Å². The van der Waals surface area contributed by atoms with Gasteiger partial charge in [0.25, 0.3) is 0 Å². The Balaban J connectivity index is 3.06. The fourth-order valence-electron chi connectivity index (χ4n) is 3.73. The van der Waals surface area contributed by atoms with Crippen molar-refractivity contribution in [3.8, 4) is 0 Å². The van der Waals surface area contributed by atoms with Gasteiger partial charge in [0.2, 0.25) is 11.8 Å². The molecular weight excluding hydrogens is 456 g/mol. The van der Waals surface area contributed by atoms with Gasteiger partial charge in [0.05, 0.1) is 0 Å². The lowest BCUT2D eigenvalue weighted by Crippen LogP contribution is -2.43. The predicted octanol–water partition coefficient (Wildman–Crippen LogP) is 3.47. The molecule has 0 aliphatic heterocycles. The average Bonchev–Trinajstić information content (AvgIpc) is 2.88. The van der Waals surface area contributed by atoms with E-state index >= 15 is 0 Å². The maximum absolute atomic E-state index is 12.9. The Hall–Kier alpha value is -2.58. The van der Waals surface area contributed by atoms with Gasteiger partial charge >= 0.3 is 0 Å². The van der Waals surface area contributed by atoms with E-state index in [0.717, 1.165) is 43.1 Å². The topological polar surface area (TPSA) is 98.8 Å². The van der Waals surface area contributed by atoms with Gasteiger partial charge in [-0.1, -0.05) is 19.1 Å². The Morgan fingerprint density at radius 1 is 0.861 bits per heavy atom. The SMILES string of the molecule is CCC(C)(CCN(Cc1ccc(N(CCC(C)(C)NC)C(=O)CCC=O)cc1)C(=O)CCC=O)NC. The highest BCUT2D eigenvalue weighted by Crippen LogP contribution is 2.21. The van der Waals surface area contributed by atoms with Crippen LogP contribution in [0.5, 0.6) is 0 Å². The maximum atomic E-state index is 12.9. The first-order chi connectivity index (χ1) is 17.0. The van der Waals surface area contributed by atoms with Crippen molar-refractivity contribution in [3.05, 3.63) is 29.8 Å². The summed E-state index contributed by atoms with van der Waals surface area (Å²) in [4.78, 5) is 50.9. The average molecular weight is 503 g/mol. The number of nitrogens with zero attached hydrogens (tertiary/aromatic N) is 2. The molecule has 1 aromatic carbocycles. The number of aldehydes is 2. The summed E-state index contributed by atoms with van der Waals surface area (Å²) < 4.78 is 0. The number of benzene rings is 1. The van der Waals surface area contributed by atoms with Gasteiger partial charge in [0, 0.05) is 62.1 Å². The maximum Gasteiger partial charge on any atom is 0.227 e. The van der Waals surface area contributed by atoms with E-state index in [1.807, 2.05) is 43.3 Å². The van der Waals surface area contributed by atoms with Gasteiger partial charge in [-0.2, -0.15) is 0 Å². The molecule has 2 amide bonds. The highest BCUT2D eigenvalue weighted by atomic mass is 16.2. The molecule has 0 heterocycles. The highest BCUT2D eigenvalue weighted by Gasteiger charge is 2.24. The monoisotopic (exact) mass is 502 g/mol. The molecule has 0 aromatic heterocycles. The minimum atomic E-state index is -0.133. The van der Waals surface area contributed by atoms with Crippen LogP contribution in [0.3, 0.4) is 0 Å². The summed E-state index contributed by atoms with van der Waals surface area (Å²) in [5, 5.41) is 6.60. The van der Waals surface area contributed by atoms with Gasteiger partial charge in [0.1, 0.15) is 12.6 Å². The first-order valence-corrected chi connectivity index (χ1v) is 13.0. The van der Waals surface area contributed by atoms with E-state index in [0.29, 0.717) is 19.6 Å². The van der Waals surface area contributed by atoms with E-state index in [4.69, 9.17) is 0 Å². The number of hydrogen-bond acceptors (Lipinski definition) is 6. The number of carbonyl (C=O) groups is 4. The van der Waals surface area contributed by atoms with Crippen molar-refractivity contribution in [1.82, 2.24) is 15.5 Å². The second kappa shape index (κ2) is 15.5. The Morgan fingerprint density at radius 3 is 1.94 bits per heavy atom. The van der Waals surface area contributed by atoms with Crippen LogP contribution in [-0.4, -0.2) is 67.5 Å². The van der Waals surface area contributed by atoms with Crippen LogP contribution in [0.2, 0.25) is 0 Å². The van der Waals surface area contributed by atoms with Crippen molar-refractivity contribution >= 4 is 30.1 Å². The molecule has 8 heteroatoms. The predicted molar refractivity (Wildman–Crippen MR) is 145 cm³/mol. The number of amides is 2. The molecule has 1 atom stereocenters. The van der Waals surface area contributed by atoms with Crippen molar-refractivity contribution in [2.75, 3.05) is 32.1 Å². The first kappa shape index (κ1) is 31.4. The molecule has 0 spiro atoms. The molecule has 0 saturated heterocycles. The summed E-state index contributed by atoms with van der Waals surface area (Å²) in [7, 11) is 3.83. The zero-order chi connectivity index (χ0) is 27.2. The van der Waals surface area contributed by atoms with Crippen LogP contribution in [0.4, 0.5) is 5.69 Å². The van der Waals surface area contributed by atoms with Crippen molar-refractivity contribution in [2.45, 2.75) is 90.3 Å².